The molecular weight excluding hydrogens is 348 g/mol. The zero-order valence-electron chi connectivity index (χ0n) is 16.0. The Kier molecular flexibility index (Phi) is 6.11. The highest BCUT2D eigenvalue weighted by Crippen LogP contribution is 2.31. The van der Waals surface area contributed by atoms with E-state index in [-0.39, 0.29) is 24.6 Å². The molecule has 0 aliphatic heterocycles. The predicted octanol–water partition coefficient (Wildman–Crippen LogP) is 3.35. The van der Waals surface area contributed by atoms with Crippen LogP contribution in [0.2, 0.25) is 0 Å². The first kappa shape index (κ1) is 19.4. The van der Waals surface area contributed by atoms with E-state index in [9.17, 15) is 9.90 Å². The van der Waals surface area contributed by atoms with Gasteiger partial charge in [0.2, 0.25) is 0 Å². The van der Waals surface area contributed by atoms with Crippen molar-refractivity contribution in [2.75, 3.05) is 6.61 Å². The smallest absolute Gasteiger partial charge is 0.309 e. The molecule has 3 rings (SSSR count). The zero-order chi connectivity index (χ0) is 19.4. The van der Waals surface area contributed by atoms with Crippen molar-refractivity contribution in [1.82, 2.24) is 10.1 Å². The Bertz CT molecular complexity index is 802. The molecule has 0 amide bonds. The van der Waals surface area contributed by atoms with Crippen molar-refractivity contribution in [2.24, 2.45) is 5.92 Å². The van der Waals surface area contributed by atoms with Crippen molar-refractivity contribution >= 4 is 5.97 Å². The first-order chi connectivity index (χ1) is 13.0. The van der Waals surface area contributed by atoms with Gasteiger partial charge in [-0.2, -0.15) is 0 Å². The summed E-state index contributed by atoms with van der Waals surface area (Å²) in [6.07, 6.45) is 3.34. The van der Waals surface area contributed by atoms with E-state index in [0.29, 0.717) is 41.5 Å². The highest BCUT2D eigenvalue weighted by Gasteiger charge is 2.29. The van der Waals surface area contributed by atoms with E-state index in [1.165, 1.54) is 0 Å². The number of carbonyl (C=O) groups excluding carboxylic acids is 1. The van der Waals surface area contributed by atoms with Crippen molar-refractivity contribution in [3.8, 4) is 17.2 Å². The number of nitrogens with zero attached hydrogens (tertiary/aromatic N) is 2. The molecule has 27 heavy (non-hydrogen) atoms. The lowest BCUT2D eigenvalue weighted by Crippen LogP contribution is -2.31. The maximum atomic E-state index is 12.0. The van der Waals surface area contributed by atoms with Gasteiger partial charge in [0.25, 0.3) is 0 Å². The highest BCUT2D eigenvalue weighted by molar-refractivity contribution is 5.72. The summed E-state index contributed by atoms with van der Waals surface area (Å²) in [6.45, 7) is 5.73. The highest BCUT2D eigenvalue weighted by atomic mass is 16.5. The first-order valence-electron chi connectivity index (χ1n) is 9.40. The minimum atomic E-state index is -0.152. The van der Waals surface area contributed by atoms with E-state index >= 15 is 0 Å². The number of hydrogen-bond acceptors (Lipinski definition) is 7. The normalized spacial score (nSPS) is 19.7. The summed E-state index contributed by atoms with van der Waals surface area (Å²) in [5.41, 5.74) is 2.63. The molecule has 7 nitrogen and oxygen atoms in total. The zero-order valence-corrected chi connectivity index (χ0v) is 16.0. The van der Waals surface area contributed by atoms with Crippen LogP contribution in [0.15, 0.2) is 16.7 Å². The van der Waals surface area contributed by atoms with Crippen molar-refractivity contribution in [2.45, 2.75) is 59.2 Å². The molecule has 1 fully saturated rings. The van der Waals surface area contributed by atoms with Crippen molar-refractivity contribution < 1.29 is 23.9 Å². The largest absolute Gasteiger partial charge is 0.489 e. The molecule has 146 valence electrons. The number of rotatable bonds is 6. The molecule has 1 aliphatic rings. The van der Waals surface area contributed by atoms with Gasteiger partial charge in [0.05, 0.1) is 36.6 Å². The molecular formula is C20H26N2O5. The molecule has 0 saturated heterocycles. The molecule has 1 saturated carbocycles. The third-order valence-electron chi connectivity index (χ3n) is 4.95. The molecule has 0 unspecified atom stereocenters. The van der Waals surface area contributed by atoms with Gasteiger partial charge < -0.3 is 19.1 Å². The van der Waals surface area contributed by atoms with E-state index in [4.69, 9.17) is 14.0 Å². The van der Waals surface area contributed by atoms with Gasteiger partial charge in [0, 0.05) is 5.56 Å². The number of ether oxygens (including phenoxy) is 2. The van der Waals surface area contributed by atoms with Crippen LogP contribution in [0.1, 0.15) is 49.6 Å². The molecule has 2 heterocycles. The van der Waals surface area contributed by atoms with Crippen LogP contribution in [-0.2, 0) is 16.1 Å². The maximum absolute atomic E-state index is 12.0. The molecule has 1 aliphatic carbocycles. The molecule has 1 N–H and O–H groups in total. The summed E-state index contributed by atoms with van der Waals surface area (Å²) < 4.78 is 16.6. The molecule has 2 aromatic heterocycles. The fraction of sp³-hybridized carbons (Fsp3) is 0.550. The van der Waals surface area contributed by atoms with Gasteiger partial charge in [-0.05, 0) is 58.6 Å². The van der Waals surface area contributed by atoms with Gasteiger partial charge in [-0.1, -0.05) is 5.16 Å². The summed E-state index contributed by atoms with van der Waals surface area (Å²) in [7, 11) is 0. The lowest BCUT2D eigenvalue weighted by Gasteiger charge is -2.28. The van der Waals surface area contributed by atoms with Crippen LogP contribution in [0, 0.1) is 19.8 Å². The Morgan fingerprint density at radius 1 is 1.30 bits per heavy atom. The van der Waals surface area contributed by atoms with Gasteiger partial charge in [0.15, 0.2) is 5.76 Å². The van der Waals surface area contributed by atoms with E-state index in [1.807, 2.05) is 19.9 Å². The Hall–Kier alpha value is -2.41. The number of carbonyl (C=O) groups is 1. The topological polar surface area (TPSA) is 94.7 Å². The third kappa shape index (κ3) is 4.30. The summed E-state index contributed by atoms with van der Waals surface area (Å²) in [6, 6.07) is 3.65. The van der Waals surface area contributed by atoms with E-state index in [0.717, 1.165) is 25.0 Å². The molecule has 2 aromatic rings. The number of aliphatic hydroxyl groups excluding tert-OH is 1. The molecule has 7 heteroatoms. The van der Waals surface area contributed by atoms with Gasteiger partial charge >= 0.3 is 5.97 Å². The SMILES string of the molecule is CCOC(=O)[C@H]1CCC[C@H](Oc2ccc(-c3onc(C)c3CO)nc2C)C1. The lowest BCUT2D eigenvalue weighted by atomic mass is 9.87. The third-order valence-corrected chi connectivity index (χ3v) is 4.95. The van der Waals surface area contributed by atoms with E-state index in [2.05, 4.69) is 10.1 Å². The maximum Gasteiger partial charge on any atom is 0.309 e. The fourth-order valence-corrected chi connectivity index (χ4v) is 3.48. The van der Waals surface area contributed by atoms with Gasteiger partial charge in [0.1, 0.15) is 11.4 Å². The van der Waals surface area contributed by atoms with Crippen LogP contribution in [0.25, 0.3) is 11.5 Å². The second-order valence-electron chi connectivity index (χ2n) is 6.87. The second-order valence-corrected chi connectivity index (χ2v) is 6.87. The second kappa shape index (κ2) is 8.52. The van der Waals surface area contributed by atoms with Crippen LogP contribution < -0.4 is 4.74 Å². The average Bonchev–Trinajstić information content (AvgIpc) is 3.04. The summed E-state index contributed by atoms with van der Waals surface area (Å²) >= 11 is 0. The number of aromatic nitrogens is 2. The molecule has 0 radical (unpaired) electrons. The number of esters is 1. The summed E-state index contributed by atoms with van der Waals surface area (Å²) in [4.78, 5) is 16.6. The van der Waals surface area contributed by atoms with Crippen LogP contribution in [-0.4, -0.2) is 33.9 Å². The number of aryl methyl sites for hydroxylation is 2. The van der Waals surface area contributed by atoms with Crippen LogP contribution in [0.4, 0.5) is 0 Å². The standard InChI is InChI=1S/C20H26N2O5/c1-4-25-20(24)14-6-5-7-15(10-14)26-18-9-8-17(21-13(18)3)19-16(11-23)12(2)22-27-19/h8-9,14-15,23H,4-7,10-11H2,1-3H3/t14-,15-/m0/s1. The van der Waals surface area contributed by atoms with Crippen LogP contribution >= 0.6 is 0 Å². The van der Waals surface area contributed by atoms with Gasteiger partial charge in [-0.15, -0.1) is 0 Å². The van der Waals surface area contributed by atoms with Crippen LogP contribution in [0.3, 0.4) is 0 Å². The lowest BCUT2D eigenvalue weighted by molar-refractivity contribution is -0.150. The predicted molar refractivity (Wildman–Crippen MR) is 98.1 cm³/mol. The molecule has 2 atom stereocenters. The Morgan fingerprint density at radius 3 is 2.81 bits per heavy atom. The first-order valence-corrected chi connectivity index (χ1v) is 9.40. The van der Waals surface area contributed by atoms with Crippen molar-refractivity contribution in [3.05, 3.63) is 29.1 Å². The summed E-state index contributed by atoms with van der Waals surface area (Å²) in [5.74, 6) is 0.938. The molecule has 0 spiro atoms. The van der Waals surface area contributed by atoms with Gasteiger partial charge in [-0.3, -0.25) is 4.79 Å². The van der Waals surface area contributed by atoms with E-state index < -0.39 is 0 Å². The number of hydrogen-bond donors (Lipinski definition) is 1. The van der Waals surface area contributed by atoms with Crippen molar-refractivity contribution in [3.63, 3.8) is 0 Å². The van der Waals surface area contributed by atoms with Gasteiger partial charge in [-0.25, -0.2) is 4.98 Å². The van der Waals surface area contributed by atoms with E-state index in [1.54, 1.807) is 13.0 Å². The Morgan fingerprint density at radius 2 is 2.11 bits per heavy atom. The number of aliphatic hydroxyl groups is 1. The minimum Gasteiger partial charge on any atom is -0.489 e. The van der Waals surface area contributed by atoms with Crippen molar-refractivity contribution in [1.29, 1.82) is 0 Å². The van der Waals surface area contributed by atoms with Crippen LogP contribution in [0.5, 0.6) is 5.75 Å². The summed E-state index contributed by atoms with van der Waals surface area (Å²) in [5, 5.41) is 13.4. The quantitative estimate of drug-likeness (QED) is 0.775. The monoisotopic (exact) mass is 374 g/mol. The average molecular weight is 374 g/mol. The molecule has 0 aromatic carbocycles. The number of pyridine rings is 1. The Balaban J connectivity index is 1.72. The molecule has 0 bridgehead atoms. The Labute approximate surface area is 158 Å². The fourth-order valence-electron chi connectivity index (χ4n) is 3.48. The minimum absolute atomic E-state index is 0.0277.